The first kappa shape index (κ1) is 20.1. The zero-order valence-corrected chi connectivity index (χ0v) is 17.4. The molecule has 30 heavy (non-hydrogen) atoms. The average Bonchev–Trinajstić information content (AvgIpc) is 3.01. The summed E-state index contributed by atoms with van der Waals surface area (Å²) in [5, 5.41) is 11.9. The largest absolute Gasteiger partial charge is 0.507 e. The van der Waals surface area contributed by atoms with Gasteiger partial charge in [0.25, 0.3) is 11.7 Å². The molecule has 4 rings (SSSR count). The van der Waals surface area contributed by atoms with Crippen LogP contribution in [0.5, 0.6) is 0 Å². The molecule has 0 bridgehead atoms. The smallest absolute Gasteiger partial charge is 0.300 e. The molecule has 1 unspecified atom stereocenters. The Morgan fingerprint density at radius 2 is 1.73 bits per heavy atom. The first-order chi connectivity index (χ1) is 14.4. The monoisotopic (exact) mass is 438 g/mol. The van der Waals surface area contributed by atoms with Gasteiger partial charge in [0.1, 0.15) is 5.76 Å². The van der Waals surface area contributed by atoms with E-state index in [1.807, 2.05) is 0 Å². The van der Waals surface area contributed by atoms with Crippen molar-refractivity contribution in [2.45, 2.75) is 13.0 Å². The van der Waals surface area contributed by atoms with Gasteiger partial charge in [-0.3, -0.25) is 19.5 Å². The van der Waals surface area contributed by atoms with E-state index in [4.69, 9.17) is 23.2 Å². The van der Waals surface area contributed by atoms with Crippen LogP contribution in [-0.4, -0.2) is 21.8 Å². The lowest BCUT2D eigenvalue weighted by molar-refractivity contribution is -0.132. The highest BCUT2D eigenvalue weighted by molar-refractivity contribution is 6.52. The first-order valence-corrected chi connectivity index (χ1v) is 9.87. The Balaban J connectivity index is 1.99. The van der Waals surface area contributed by atoms with Crippen molar-refractivity contribution >= 4 is 46.3 Å². The summed E-state index contributed by atoms with van der Waals surface area (Å²) >= 11 is 12.3. The van der Waals surface area contributed by atoms with Crippen molar-refractivity contribution in [3.8, 4) is 0 Å². The molecular formula is C23H16Cl2N2O3. The number of ketones is 1. The number of amides is 1. The zero-order valence-electron chi connectivity index (χ0n) is 15.8. The van der Waals surface area contributed by atoms with Crippen molar-refractivity contribution in [1.29, 1.82) is 0 Å². The van der Waals surface area contributed by atoms with Crippen LogP contribution in [0.25, 0.3) is 5.76 Å². The van der Waals surface area contributed by atoms with E-state index < -0.39 is 17.7 Å². The fourth-order valence-corrected chi connectivity index (χ4v) is 3.95. The van der Waals surface area contributed by atoms with E-state index in [0.717, 1.165) is 0 Å². The van der Waals surface area contributed by atoms with E-state index in [1.54, 1.807) is 73.9 Å². The van der Waals surface area contributed by atoms with Crippen LogP contribution in [0.4, 0.5) is 5.69 Å². The molecule has 3 aromatic rings. The third-order valence-electron chi connectivity index (χ3n) is 5.06. The number of Topliss-reactive ketones (excluding diaryl/α,β-unsaturated/α-hetero) is 1. The summed E-state index contributed by atoms with van der Waals surface area (Å²) in [6, 6.07) is 14.2. The molecule has 7 heteroatoms. The molecule has 1 N–H and O–H groups in total. The lowest BCUT2D eigenvalue weighted by Gasteiger charge is -2.27. The van der Waals surface area contributed by atoms with Gasteiger partial charge in [-0.25, -0.2) is 0 Å². The van der Waals surface area contributed by atoms with Crippen LogP contribution in [0.1, 0.15) is 22.7 Å². The van der Waals surface area contributed by atoms with Crippen molar-refractivity contribution in [1.82, 2.24) is 4.98 Å². The molecule has 1 amide bonds. The van der Waals surface area contributed by atoms with Gasteiger partial charge in [-0.1, -0.05) is 41.4 Å². The quantitative estimate of drug-likeness (QED) is 0.341. The number of hydrogen-bond donors (Lipinski definition) is 1. The van der Waals surface area contributed by atoms with E-state index >= 15 is 0 Å². The fraction of sp³-hybridized carbons (Fsp3) is 0.0870. The highest BCUT2D eigenvalue weighted by atomic mass is 35.5. The van der Waals surface area contributed by atoms with Crippen LogP contribution >= 0.6 is 23.2 Å². The average molecular weight is 439 g/mol. The lowest BCUT2D eigenvalue weighted by Crippen LogP contribution is -2.30. The summed E-state index contributed by atoms with van der Waals surface area (Å²) in [4.78, 5) is 31.6. The normalized spacial score (nSPS) is 18.1. The number of carbonyl (C=O) groups is 2. The molecule has 0 saturated carbocycles. The number of aromatic nitrogens is 1. The van der Waals surface area contributed by atoms with Gasteiger partial charge in [-0.15, -0.1) is 0 Å². The standard InChI is InChI=1S/C23H16Cl2N2O3/c1-13-17(25)6-3-7-18(13)27-20(14-8-10-26-11-9-14)19(22(29)23(27)30)21(28)15-4-2-5-16(24)12-15/h2-12,20,28H,1H3/b21-19+. The summed E-state index contributed by atoms with van der Waals surface area (Å²) in [7, 11) is 0. The number of aliphatic hydroxyl groups is 1. The van der Waals surface area contributed by atoms with Gasteiger partial charge in [0.05, 0.1) is 11.6 Å². The molecule has 0 radical (unpaired) electrons. The molecule has 1 fully saturated rings. The SMILES string of the molecule is Cc1c(Cl)cccc1N1C(=O)C(=O)/C(=C(/O)c2cccc(Cl)c2)C1c1ccncc1. The van der Waals surface area contributed by atoms with Crippen LogP contribution in [0.2, 0.25) is 10.0 Å². The lowest BCUT2D eigenvalue weighted by atomic mass is 9.95. The van der Waals surface area contributed by atoms with Crippen molar-refractivity contribution in [2.24, 2.45) is 0 Å². The number of hydrogen-bond acceptors (Lipinski definition) is 4. The number of nitrogens with zero attached hydrogens (tertiary/aromatic N) is 2. The minimum Gasteiger partial charge on any atom is -0.507 e. The molecule has 1 saturated heterocycles. The Morgan fingerprint density at radius 3 is 2.43 bits per heavy atom. The van der Waals surface area contributed by atoms with Gasteiger partial charge in [0.15, 0.2) is 0 Å². The van der Waals surface area contributed by atoms with Gasteiger partial charge in [0, 0.05) is 33.7 Å². The summed E-state index contributed by atoms with van der Waals surface area (Å²) < 4.78 is 0. The Kier molecular flexibility index (Phi) is 5.33. The van der Waals surface area contributed by atoms with Crippen LogP contribution in [0.15, 0.2) is 72.6 Å². The van der Waals surface area contributed by atoms with Crippen molar-refractivity contribution < 1.29 is 14.7 Å². The maximum absolute atomic E-state index is 13.1. The minimum absolute atomic E-state index is 0.0205. The fourth-order valence-electron chi connectivity index (χ4n) is 3.59. The Labute approximate surface area is 183 Å². The van der Waals surface area contributed by atoms with Gasteiger partial charge in [-0.2, -0.15) is 0 Å². The van der Waals surface area contributed by atoms with Crippen LogP contribution in [-0.2, 0) is 9.59 Å². The predicted molar refractivity (Wildman–Crippen MR) is 117 cm³/mol. The van der Waals surface area contributed by atoms with Crippen LogP contribution in [0.3, 0.4) is 0 Å². The predicted octanol–water partition coefficient (Wildman–Crippen LogP) is 5.32. The van der Waals surface area contributed by atoms with Gasteiger partial charge < -0.3 is 5.11 Å². The van der Waals surface area contributed by atoms with Crippen LogP contribution < -0.4 is 4.90 Å². The molecule has 5 nitrogen and oxygen atoms in total. The Morgan fingerprint density at radius 1 is 1.03 bits per heavy atom. The van der Waals surface area contributed by atoms with E-state index in [9.17, 15) is 14.7 Å². The second-order valence-corrected chi connectivity index (χ2v) is 7.69. The Hall–Kier alpha value is -3.15. The number of halogens is 2. The van der Waals surface area contributed by atoms with Gasteiger partial charge in [0.2, 0.25) is 0 Å². The molecular weight excluding hydrogens is 423 g/mol. The van der Waals surface area contributed by atoms with E-state index in [2.05, 4.69) is 4.98 Å². The topological polar surface area (TPSA) is 70.5 Å². The van der Waals surface area contributed by atoms with Crippen molar-refractivity contribution in [3.05, 3.63) is 99.3 Å². The first-order valence-electron chi connectivity index (χ1n) is 9.12. The third-order valence-corrected chi connectivity index (χ3v) is 5.71. The summed E-state index contributed by atoms with van der Waals surface area (Å²) in [6.07, 6.45) is 3.14. The molecule has 1 aliphatic heterocycles. The molecule has 0 spiro atoms. The zero-order chi connectivity index (χ0) is 21.4. The highest BCUT2D eigenvalue weighted by Crippen LogP contribution is 2.43. The van der Waals surface area contributed by atoms with Gasteiger partial charge >= 0.3 is 0 Å². The molecule has 1 aliphatic rings. The second kappa shape index (κ2) is 7.94. The third kappa shape index (κ3) is 3.36. The summed E-state index contributed by atoms with van der Waals surface area (Å²) in [5.41, 5.74) is 2.11. The number of carbonyl (C=O) groups excluding carboxylic acids is 2. The summed E-state index contributed by atoms with van der Waals surface area (Å²) in [6.45, 7) is 1.78. The maximum Gasteiger partial charge on any atom is 0.300 e. The van der Waals surface area contributed by atoms with Crippen molar-refractivity contribution in [2.75, 3.05) is 4.90 Å². The van der Waals surface area contributed by atoms with E-state index in [1.165, 1.54) is 4.90 Å². The Bertz CT molecular complexity index is 1190. The highest BCUT2D eigenvalue weighted by Gasteiger charge is 2.47. The molecule has 1 aromatic heterocycles. The number of aliphatic hydroxyl groups excluding tert-OH is 1. The molecule has 2 heterocycles. The maximum atomic E-state index is 13.1. The molecule has 2 aromatic carbocycles. The molecule has 150 valence electrons. The number of anilines is 1. The number of pyridine rings is 1. The summed E-state index contributed by atoms with van der Waals surface area (Å²) in [5.74, 6) is -1.82. The van der Waals surface area contributed by atoms with Gasteiger partial charge in [-0.05, 0) is 54.4 Å². The second-order valence-electron chi connectivity index (χ2n) is 6.84. The number of benzene rings is 2. The van der Waals surface area contributed by atoms with Crippen molar-refractivity contribution in [3.63, 3.8) is 0 Å². The van der Waals surface area contributed by atoms with E-state index in [0.29, 0.717) is 32.4 Å². The number of rotatable bonds is 3. The van der Waals surface area contributed by atoms with E-state index in [-0.39, 0.29) is 11.3 Å². The molecule has 1 atom stereocenters. The van der Waals surface area contributed by atoms with Crippen LogP contribution in [0, 0.1) is 6.92 Å². The minimum atomic E-state index is -0.843. The molecule has 0 aliphatic carbocycles.